The number of carbonyl (C=O) groups excluding carboxylic acids is 3. The lowest BCUT2D eigenvalue weighted by Crippen LogP contribution is -2.49. The largest absolute Gasteiger partial charge is 0.458 e. The highest BCUT2D eigenvalue weighted by atomic mass is 16.5. The van der Waals surface area contributed by atoms with Gasteiger partial charge in [-0.05, 0) is 50.7 Å². The Morgan fingerprint density at radius 2 is 1.86 bits per heavy atom. The summed E-state index contributed by atoms with van der Waals surface area (Å²) in [7, 11) is 0. The zero-order valence-electron chi connectivity index (χ0n) is 16.6. The third kappa shape index (κ3) is 3.66. The Hall–Kier alpha value is -3.03. The number of fused-ring (bicyclic) bond motifs is 1. The normalized spacial score (nSPS) is 24.2. The number of aryl methyl sites for hydroxylation is 1. The molecule has 0 bridgehead atoms. The van der Waals surface area contributed by atoms with E-state index in [2.05, 4.69) is 22.2 Å². The molecule has 1 saturated carbocycles. The van der Waals surface area contributed by atoms with Crippen molar-refractivity contribution in [2.75, 3.05) is 6.54 Å². The molecule has 4 rings (SSSR count). The smallest absolute Gasteiger partial charge is 0.326 e. The van der Waals surface area contributed by atoms with Gasteiger partial charge in [-0.15, -0.1) is 0 Å². The molecule has 1 N–H and O–H groups in total. The minimum Gasteiger partial charge on any atom is -0.458 e. The summed E-state index contributed by atoms with van der Waals surface area (Å²) in [5, 5.41) is 2.81. The lowest BCUT2D eigenvalue weighted by Gasteiger charge is -2.33. The van der Waals surface area contributed by atoms with E-state index >= 15 is 0 Å². The number of hydrogen-bond donors (Lipinski definition) is 1. The van der Waals surface area contributed by atoms with Crippen molar-refractivity contribution in [1.29, 1.82) is 0 Å². The van der Waals surface area contributed by atoms with Gasteiger partial charge in [-0.3, -0.25) is 14.5 Å². The monoisotopic (exact) mass is 396 g/mol. The van der Waals surface area contributed by atoms with Crippen LogP contribution in [0.25, 0.3) is 11.0 Å². The Morgan fingerprint density at radius 3 is 2.55 bits per heavy atom. The molecule has 2 aromatic rings. The van der Waals surface area contributed by atoms with Crippen molar-refractivity contribution >= 4 is 28.9 Å². The summed E-state index contributed by atoms with van der Waals surface area (Å²) in [6, 6.07) is 6.92. The molecule has 2 heterocycles. The molecule has 1 aliphatic heterocycles. The van der Waals surface area contributed by atoms with Crippen molar-refractivity contribution in [3.05, 3.63) is 35.7 Å². The molecule has 8 heteroatoms. The number of nitrogens with one attached hydrogen (secondary N) is 1. The fourth-order valence-electron chi connectivity index (χ4n) is 4.00. The number of amides is 3. The topological polar surface area (TPSA) is 101 Å². The first-order valence-electron chi connectivity index (χ1n) is 9.90. The molecule has 1 aliphatic carbocycles. The van der Waals surface area contributed by atoms with Gasteiger partial charge < -0.3 is 10.1 Å². The van der Waals surface area contributed by atoms with E-state index in [9.17, 15) is 14.4 Å². The van der Waals surface area contributed by atoms with E-state index in [4.69, 9.17) is 4.74 Å². The number of rotatable bonds is 4. The van der Waals surface area contributed by atoms with Crippen molar-refractivity contribution < 1.29 is 19.1 Å². The fraction of sp³-hybridized carbons (Fsp3) is 0.476. The van der Waals surface area contributed by atoms with Crippen molar-refractivity contribution in [2.24, 2.45) is 5.92 Å². The standard InChI is InChI=1S/C21H24N4O4/c1-13-7-9-21(10-8-13)19(27)25(20(28)24-21)11-18(26)29-12-17-14(2)22-15-5-3-4-6-16(15)23-17/h3-6,13H,7-12H2,1-2H3,(H,24,28). The first-order chi connectivity index (χ1) is 13.9. The second-order valence-corrected chi connectivity index (χ2v) is 7.99. The maximum atomic E-state index is 12.8. The highest BCUT2D eigenvalue weighted by Crippen LogP contribution is 2.36. The summed E-state index contributed by atoms with van der Waals surface area (Å²) >= 11 is 0. The van der Waals surface area contributed by atoms with Crippen LogP contribution < -0.4 is 5.32 Å². The van der Waals surface area contributed by atoms with E-state index in [1.165, 1.54) is 0 Å². The number of carbonyl (C=O) groups is 3. The lowest BCUT2D eigenvalue weighted by atomic mass is 9.77. The Morgan fingerprint density at radius 1 is 1.21 bits per heavy atom. The number of nitrogens with zero attached hydrogens (tertiary/aromatic N) is 3. The van der Waals surface area contributed by atoms with Crippen LogP contribution in [0.4, 0.5) is 4.79 Å². The van der Waals surface area contributed by atoms with Crippen molar-refractivity contribution in [2.45, 2.75) is 51.7 Å². The van der Waals surface area contributed by atoms with E-state index in [1.807, 2.05) is 24.3 Å². The number of benzene rings is 1. The summed E-state index contributed by atoms with van der Waals surface area (Å²) in [6.07, 6.45) is 2.97. The molecule has 1 aromatic heterocycles. The Bertz CT molecular complexity index is 982. The average Bonchev–Trinajstić information content (AvgIpc) is 2.93. The maximum Gasteiger partial charge on any atom is 0.326 e. The summed E-state index contributed by atoms with van der Waals surface area (Å²) in [5.74, 6) is -0.437. The van der Waals surface area contributed by atoms with Gasteiger partial charge in [-0.1, -0.05) is 19.1 Å². The first-order valence-corrected chi connectivity index (χ1v) is 9.90. The molecular weight excluding hydrogens is 372 g/mol. The van der Waals surface area contributed by atoms with Crippen LogP contribution in [0.1, 0.15) is 44.0 Å². The average molecular weight is 396 g/mol. The van der Waals surface area contributed by atoms with Crippen LogP contribution >= 0.6 is 0 Å². The van der Waals surface area contributed by atoms with Gasteiger partial charge in [0.1, 0.15) is 18.7 Å². The molecule has 2 aliphatic rings. The molecule has 3 amide bonds. The van der Waals surface area contributed by atoms with Crippen molar-refractivity contribution in [1.82, 2.24) is 20.2 Å². The molecule has 152 valence electrons. The van der Waals surface area contributed by atoms with Gasteiger partial charge in [0.15, 0.2) is 0 Å². The first kappa shape index (κ1) is 19.3. The number of urea groups is 1. The third-order valence-electron chi connectivity index (χ3n) is 5.87. The number of aromatic nitrogens is 2. The summed E-state index contributed by atoms with van der Waals surface area (Å²) in [5.41, 5.74) is 1.84. The molecule has 1 saturated heterocycles. The van der Waals surface area contributed by atoms with Gasteiger partial charge in [-0.25, -0.2) is 14.8 Å². The zero-order chi connectivity index (χ0) is 20.6. The Balaban J connectivity index is 1.39. The fourth-order valence-corrected chi connectivity index (χ4v) is 4.00. The van der Waals surface area contributed by atoms with Crippen LogP contribution in [0.2, 0.25) is 0 Å². The van der Waals surface area contributed by atoms with Gasteiger partial charge in [-0.2, -0.15) is 0 Å². The highest BCUT2D eigenvalue weighted by molar-refractivity contribution is 6.08. The summed E-state index contributed by atoms with van der Waals surface area (Å²) in [4.78, 5) is 47.4. The highest BCUT2D eigenvalue weighted by Gasteiger charge is 2.52. The van der Waals surface area contributed by atoms with E-state index in [0.717, 1.165) is 23.3 Å². The van der Waals surface area contributed by atoms with Gasteiger partial charge in [0.05, 0.1) is 22.4 Å². The van der Waals surface area contributed by atoms with Crippen LogP contribution in [0.5, 0.6) is 0 Å². The van der Waals surface area contributed by atoms with Crippen LogP contribution in [-0.2, 0) is 20.9 Å². The second-order valence-electron chi connectivity index (χ2n) is 7.99. The third-order valence-corrected chi connectivity index (χ3v) is 5.87. The molecule has 0 unspecified atom stereocenters. The van der Waals surface area contributed by atoms with Gasteiger partial charge in [0, 0.05) is 0 Å². The molecule has 1 spiro atoms. The number of hydrogen-bond acceptors (Lipinski definition) is 6. The second kappa shape index (κ2) is 7.42. The van der Waals surface area contributed by atoms with E-state index < -0.39 is 24.1 Å². The maximum absolute atomic E-state index is 12.8. The quantitative estimate of drug-likeness (QED) is 0.629. The number of para-hydroxylation sites is 2. The van der Waals surface area contributed by atoms with Crippen LogP contribution in [0, 0.1) is 12.8 Å². The number of imide groups is 1. The number of ether oxygens (including phenoxy) is 1. The Labute approximate surface area is 168 Å². The van der Waals surface area contributed by atoms with Gasteiger partial charge in [0.2, 0.25) is 0 Å². The SMILES string of the molecule is Cc1nc2ccccc2nc1COC(=O)CN1C(=O)NC2(CCC(C)CC2)C1=O. The van der Waals surface area contributed by atoms with Crippen LogP contribution in [0.15, 0.2) is 24.3 Å². The molecule has 0 atom stereocenters. The molecule has 2 fully saturated rings. The Kier molecular flexibility index (Phi) is 4.94. The predicted molar refractivity (Wildman–Crippen MR) is 105 cm³/mol. The van der Waals surface area contributed by atoms with E-state index in [-0.39, 0.29) is 12.5 Å². The molecule has 29 heavy (non-hydrogen) atoms. The lowest BCUT2D eigenvalue weighted by molar-refractivity contribution is -0.149. The predicted octanol–water partition coefficient (Wildman–Crippen LogP) is 2.48. The van der Waals surface area contributed by atoms with Gasteiger partial charge >= 0.3 is 12.0 Å². The van der Waals surface area contributed by atoms with Crippen LogP contribution in [-0.4, -0.2) is 44.9 Å². The molecule has 8 nitrogen and oxygen atoms in total. The molecule has 0 radical (unpaired) electrons. The minimum atomic E-state index is -0.857. The molecule has 1 aromatic carbocycles. The van der Waals surface area contributed by atoms with E-state index in [0.29, 0.717) is 35.7 Å². The summed E-state index contributed by atoms with van der Waals surface area (Å²) < 4.78 is 5.29. The van der Waals surface area contributed by atoms with Crippen molar-refractivity contribution in [3.63, 3.8) is 0 Å². The molecular formula is C21H24N4O4. The van der Waals surface area contributed by atoms with Crippen molar-refractivity contribution in [3.8, 4) is 0 Å². The number of esters is 1. The zero-order valence-corrected chi connectivity index (χ0v) is 16.6. The van der Waals surface area contributed by atoms with Crippen LogP contribution in [0.3, 0.4) is 0 Å². The van der Waals surface area contributed by atoms with E-state index in [1.54, 1.807) is 6.92 Å². The van der Waals surface area contributed by atoms with Gasteiger partial charge in [0.25, 0.3) is 5.91 Å². The summed E-state index contributed by atoms with van der Waals surface area (Å²) in [6.45, 7) is 3.48. The minimum absolute atomic E-state index is 0.0607.